The van der Waals surface area contributed by atoms with Crippen LogP contribution in [0.5, 0.6) is 0 Å². The van der Waals surface area contributed by atoms with Crippen molar-refractivity contribution in [1.82, 2.24) is 29.7 Å². The van der Waals surface area contributed by atoms with E-state index in [2.05, 4.69) is 20.3 Å². The maximum absolute atomic E-state index is 13.0. The van der Waals surface area contributed by atoms with Gasteiger partial charge in [-0.25, -0.2) is 15.0 Å². The van der Waals surface area contributed by atoms with Crippen LogP contribution in [-0.4, -0.2) is 61.1 Å². The predicted octanol–water partition coefficient (Wildman–Crippen LogP) is 3.05. The van der Waals surface area contributed by atoms with Crippen LogP contribution in [0.15, 0.2) is 67.3 Å². The average Bonchev–Trinajstić information content (AvgIpc) is 3.43. The minimum Gasteiger partial charge on any atom is -0.346 e. The maximum atomic E-state index is 13.0. The van der Waals surface area contributed by atoms with E-state index in [0.29, 0.717) is 48.4 Å². The topological polar surface area (TPSA) is 110 Å². The Hall–Kier alpha value is -4.40. The summed E-state index contributed by atoms with van der Waals surface area (Å²) >= 11 is 0. The monoisotopic (exact) mass is 468 g/mol. The molecule has 1 saturated heterocycles. The molecule has 0 bridgehead atoms. The molecule has 0 atom stereocenters. The molecule has 9 heteroatoms. The molecular weight excluding hydrogens is 444 g/mol. The first-order valence-electron chi connectivity index (χ1n) is 11.5. The fourth-order valence-corrected chi connectivity index (χ4v) is 4.25. The molecule has 4 aromatic rings. The van der Waals surface area contributed by atoms with Crippen molar-refractivity contribution in [2.45, 2.75) is 25.8 Å². The summed E-state index contributed by atoms with van der Waals surface area (Å²) in [6.07, 6.45) is 6.33. The second-order valence-corrected chi connectivity index (χ2v) is 8.53. The lowest BCUT2D eigenvalue weighted by atomic mass is 10.0. The summed E-state index contributed by atoms with van der Waals surface area (Å²) in [6.45, 7) is 2.55. The SMILES string of the molecule is CC(=O)c1ccc(C(=O)N2CCC(NC(=O)c3nc(-n4ccnc4)c4ccccc4n3)CC2)cc1. The molecule has 1 fully saturated rings. The summed E-state index contributed by atoms with van der Waals surface area (Å²) < 4.78 is 1.76. The Kier molecular flexibility index (Phi) is 6.05. The first-order chi connectivity index (χ1) is 17.0. The summed E-state index contributed by atoms with van der Waals surface area (Å²) in [5, 5.41) is 3.85. The number of ketones is 1. The van der Waals surface area contributed by atoms with Crippen molar-refractivity contribution < 1.29 is 14.4 Å². The largest absolute Gasteiger partial charge is 0.346 e. The number of hydrogen-bond acceptors (Lipinski definition) is 6. The van der Waals surface area contributed by atoms with Crippen LogP contribution in [0.25, 0.3) is 16.7 Å². The van der Waals surface area contributed by atoms with Gasteiger partial charge in [-0.3, -0.25) is 19.0 Å². The fourth-order valence-electron chi connectivity index (χ4n) is 4.25. The van der Waals surface area contributed by atoms with Crippen LogP contribution < -0.4 is 5.32 Å². The molecule has 2 aromatic heterocycles. The van der Waals surface area contributed by atoms with E-state index in [1.54, 1.807) is 52.5 Å². The predicted molar refractivity (Wildman–Crippen MR) is 129 cm³/mol. The van der Waals surface area contributed by atoms with Crippen molar-refractivity contribution >= 4 is 28.5 Å². The van der Waals surface area contributed by atoms with Crippen LogP contribution in [-0.2, 0) is 0 Å². The van der Waals surface area contributed by atoms with Gasteiger partial charge in [0, 0.05) is 48.0 Å². The molecule has 2 aromatic carbocycles. The standard InChI is InChI=1S/C26H24N6O3/c1-17(33)18-6-8-19(9-7-18)26(35)31-13-10-20(11-14-31)28-25(34)23-29-22-5-3-2-4-21(22)24(30-23)32-15-12-27-16-32/h2-9,12,15-16,20H,10-11,13-14H2,1H3,(H,28,34). The van der Waals surface area contributed by atoms with Crippen molar-refractivity contribution in [3.8, 4) is 5.82 Å². The summed E-state index contributed by atoms with van der Waals surface area (Å²) in [7, 11) is 0. The second-order valence-electron chi connectivity index (χ2n) is 8.53. The number of likely N-dealkylation sites (tertiary alicyclic amines) is 1. The van der Waals surface area contributed by atoms with E-state index in [1.165, 1.54) is 6.92 Å². The number of carbonyl (C=O) groups is 3. The highest BCUT2D eigenvalue weighted by Crippen LogP contribution is 2.20. The number of para-hydroxylation sites is 1. The van der Waals surface area contributed by atoms with Crippen molar-refractivity contribution in [3.63, 3.8) is 0 Å². The third-order valence-corrected chi connectivity index (χ3v) is 6.19. The number of nitrogens with zero attached hydrogens (tertiary/aromatic N) is 5. The van der Waals surface area contributed by atoms with Gasteiger partial charge in [0.05, 0.1) is 5.52 Å². The van der Waals surface area contributed by atoms with Crippen LogP contribution in [0.2, 0.25) is 0 Å². The van der Waals surface area contributed by atoms with Crippen molar-refractivity contribution in [1.29, 1.82) is 0 Å². The molecule has 9 nitrogen and oxygen atoms in total. The zero-order valence-electron chi connectivity index (χ0n) is 19.2. The van der Waals surface area contributed by atoms with E-state index >= 15 is 0 Å². The zero-order valence-corrected chi connectivity index (χ0v) is 19.2. The molecule has 35 heavy (non-hydrogen) atoms. The van der Waals surface area contributed by atoms with Gasteiger partial charge in [-0.2, -0.15) is 0 Å². The number of carbonyl (C=O) groups excluding carboxylic acids is 3. The Morgan fingerprint density at radius 3 is 2.34 bits per heavy atom. The van der Waals surface area contributed by atoms with E-state index in [0.717, 1.165) is 5.39 Å². The molecule has 2 amide bonds. The van der Waals surface area contributed by atoms with E-state index in [4.69, 9.17) is 0 Å². The molecule has 0 aliphatic carbocycles. The van der Waals surface area contributed by atoms with E-state index < -0.39 is 0 Å². The number of fused-ring (bicyclic) bond motifs is 1. The quantitative estimate of drug-likeness (QED) is 0.451. The smallest absolute Gasteiger partial charge is 0.289 e. The van der Waals surface area contributed by atoms with Crippen LogP contribution in [0.3, 0.4) is 0 Å². The second kappa shape index (κ2) is 9.46. The van der Waals surface area contributed by atoms with Crippen LogP contribution in [0.4, 0.5) is 0 Å². The lowest BCUT2D eigenvalue weighted by Crippen LogP contribution is -2.46. The Labute approximate surface area is 201 Å². The van der Waals surface area contributed by atoms with Gasteiger partial charge >= 0.3 is 0 Å². The van der Waals surface area contributed by atoms with Crippen LogP contribution >= 0.6 is 0 Å². The Morgan fingerprint density at radius 2 is 1.66 bits per heavy atom. The lowest BCUT2D eigenvalue weighted by molar-refractivity contribution is 0.0696. The molecule has 5 rings (SSSR count). The molecular formula is C26H24N6O3. The minimum atomic E-state index is -0.346. The highest BCUT2D eigenvalue weighted by atomic mass is 16.2. The molecule has 176 valence electrons. The summed E-state index contributed by atoms with van der Waals surface area (Å²) in [5.41, 5.74) is 1.80. The van der Waals surface area contributed by atoms with Gasteiger partial charge in [-0.1, -0.05) is 24.3 Å². The molecule has 1 aliphatic heterocycles. The summed E-state index contributed by atoms with van der Waals surface area (Å²) in [4.78, 5) is 52.2. The minimum absolute atomic E-state index is 0.0342. The summed E-state index contributed by atoms with van der Waals surface area (Å²) in [6, 6.07) is 14.2. The van der Waals surface area contributed by atoms with Gasteiger partial charge < -0.3 is 10.2 Å². The number of hydrogen-bond donors (Lipinski definition) is 1. The number of nitrogens with one attached hydrogen (secondary N) is 1. The Bertz CT molecular complexity index is 1390. The highest BCUT2D eigenvalue weighted by Gasteiger charge is 2.26. The van der Waals surface area contributed by atoms with Gasteiger partial charge in [0.2, 0.25) is 5.82 Å². The number of amides is 2. The van der Waals surface area contributed by atoms with E-state index in [9.17, 15) is 14.4 Å². The Morgan fingerprint density at radius 1 is 0.943 bits per heavy atom. The molecule has 1 N–H and O–H groups in total. The first kappa shape index (κ1) is 22.4. The number of rotatable bonds is 5. The third kappa shape index (κ3) is 4.65. The molecule has 0 saturated carbocycles. The van der Waals surface area contributed by atoms with Crippen LogP contribution in [0, 0.1) is 0 Å². The average molecular weight is 469 g/mol. The molecule has 0 spiro atoms. The van der Waals surface area contributed by atoms with Crippen molar-refractivity contribution in [2.75, 3.05) is 13.1 Å². The molecule has 3 heterocycles. The van der Waals surface area contributed by atoms with Gasteiger partial charge in [-0.05, 0) is 44.0 Å². The molecule has 0 unspecified atom stereocenters. The fraction of sp³-hybridized carbons (Fsp3) is 0.231. The van der Waals surface area contributed by atoms with Gasteiger partial charge in [0.25, 0.3) is 11.8 Å². The number of Topliss-reactive ketones (excluding diaryl/α,β-unsaturated/α-hetero) is 1. The molecule has 0 radical (unpaired) electrons. The van der Waals surface area contributed by atoms with Gasteiger partial charge in [0.1, 0.15) is 12.1 Å². The van der Waals surface area contributed by atoms with Crippen molar-refractivity contribution in [3.05, 3.63) is 84.2 Å². The number of imidazole rings is 1. The first-order valence-corrected chi connectivity index (χ1v) is 11.5. The molecule has 1 aliphatic rings. The number of piperidine rings is 1. The van der Waals surface area contributed by atoms with E-state index in [1.807, 2.05) is 24.3 Å². The van der Waals surface area contributed by atoms with Crippen molar-refractivity contribution in [2.24, 2.45) is 0 Å². The number of aromatic nitrogens is 4. The highest BCUT2D eigenvalue weighted by molar-refractivity contribution is 5.98. The van der Waals surface area contributed by atoms with Gasteiger partial charge in [0.15, 0.2) is 5.78 Å². The zero-order chi connectivity index (χ0) is 24.4. The normalized spacial score (nSPS) is 14.1. The summed E-state index contributed by atoms with van der Waals surface area (Å²) in [5.74, 6) is 0.230. The van der Waals surface area contributed by atoms with Crippen LogP contribution in [0.1, 0.15) is 51.1 Å². The van der Waals surface area contributed by atoms with Gasteiger partial charge in [-0.15, -0.1) is 0 Å². The third-order valence-electron chi connectivity index (χ3n) is 6.19. The number of benzene rings is 2. The Balaban J connectivity index is 1.25. The van der Waals surface area contributed by atoms with E-state index in [-0.39, 0.29) is 29.5 Å². The maximum Gasteiger partial charge on any atom is 0.289 e. The lowest BCUT2D eigenvalue weighted by Gasteiger charge is -2.32.